The number of hydrogen-bond donors (Lipinski definition) is 0. The SMILES string of the molecule is CCC(CC)N1CC2CCCN2CC1CC. The second-order valence-electron chi connectivity index (χ2n) is 5.52. The highest BCUT2D eigenvalue weighted by Gasteiger charge is 2.37. The van der Waals surface area contributed by atoms with Gasteiger partial charge in [0.1, 0.15) is 0 Å². The smallest absolute Gasteiger partial charge is 0.0224 e. The van der Waals surface area contributed by atoms with Crippen molar-refractivity contribution in [3.8, 4) is 0 Å². The van der Waals surface area contributed by atoms with Crippen LogP contribution >= 0.6 is 0 Å². The molecule has 0 aromatic carbocycles. The van der Waals surface area contributed by atoms with Gasteiger partial charge in [-0.25, -0.2) is 0 Å². The Labute approximate surface area is 101 Å². The van der Waals surface area contributed by atoms with Crippen LogP contribution in [-0.2, 0) is 0 Å². The summed E-state index contributed by atoms with van der Waals surface area (Å²) in [6.07, 6.45) is 6.82. The Morgan fingerprint density at radius 1 is 1.12 bits per heavy atom. The van der Waals surface area contributed by atoms with E-state index in [4.69, 9.17) is 0 Å². The molecule has 0 amide bonds. The maximum absolute atomic E-state index is 2.83. The van der Waals surface area contributed by atoms with E-state index in [0.717, 1.165) is 18.1 Å². The normalized spacial score (nSPS) is 32.2. The second-order valence-corrected chi connectivity index (χ2v) is 5.52. The van der Waals surface area contributed by atoms with Crippen molar-refractivity contribution in [2.45, 2.75) is 71.0 Å². The predicted octanol–water partition coefficient (Wildman–Crippen LogP) is 2.73. The summed E-state index contributed by atoms with van der Waals surface area (Å²) < 4.78 is 0. The average Bonchev–Trinajstić information content (AvgIpc) is 2.76. The summed E-state index contributed by atoms with van der Waals surface area (Å²) in [5.41, 5.74) is 0. The summed E-state index contributed by atoms with van der Waals surface area (Å²) >= 11 is 0. The minimum absolute atomic E-state index is 0.819. The molecule has 2 aliphatic heterocycles. The van der Waals surface area contributed by atoms with Crippen molar-refractivity contribution in [3.05, 3.63) is 0 Å². The first kappa shape index (κ1) is 12.4. The molecule has 0 bridgehead atoms. The fourth-order valence-electron chi connectivity index (χ4n) is 3.68. The van der Waals surface area contributed by atoms with Crippen LogP contribution in [0.1, 0.15) is 52.9 Å². The highest BCUT2D eigenvalue weighted by atomic mass is 15.3. The molecule has 0 N–H and O–H groups in total. The van der Waals surface area contributed by atoms with Crippen LogP contribution in [0.15, 0.2) is 0 Å². The molecule has 2 heteroatoms. The first-order valence-corrected chi connectivity index (χ1v) is 7.29. The van der Waals surface area contributed by atoms with Crippen LogP contribution in [-0.4, -0.2) is 47.6 Å². The molecule has 2 nitrogen and oxygen atoms in total. The van der Waals surface area contributed by atoms with Crippen LogP contribution in [0.3, 0.4) is 0 Å². The number of nitrogens with zero attached hydrogens (tertiary/aromatic N) is 2. The minimum atomic E-state index is 0.819. The number of piperazine rings is 1. The Morgan fingerprint density at radius 3 is 2.50 bits per heavy atom. The van der Waals surface area contributed by atoms with Gasteiger partial charge in [-0.2, -0.15) is 0 Å². The summed E-state index contributed by atoms with van der Waals surface area (Å²) in [7, 11) is 0. The molecular weight excluding hydrogens is 196 g/mol. The lowest BCUT2D eigenvalue weighted by molar-refractivity contribution is 0.0158. The van der Waals surface area contributed by atoms with Gasteiger partial charge in [-0.15, -0.1) is 0 Å². The largest absolute Gasteiger partial charge is 0.298 e. The molecule has 0 radical (unpaired) electrons. The highest BCUT2D eigenvalue weighted by molar-refractivity contribution is 4.93. The van der Waals surface area contributed by atoms with E-state index in [1.54, 1.807) is 0 Å². The van der Waals surface area contributed by atoms with Crippen molar-refractivity contribution in [2.24, 2.45) is 0 Å². The molecule has 2 fully saturated rings. The maximum Gasteiger partial charge on any atom is 0.0224 e. The van der Waals surface area contributed by atoms with Crippen molar-refractivity contribution < 1.29 is 0 Å². The summed E-state index contributed by atoms with van der Waals surface area (Å²) in [6, 6.07) is 2.52. The summed E-state index contributed by atoms with van der Waals surface area (Å²) in [4.78, 5) is 5.57. The second kappa shape index (κ2) is 5.50. The molecule has 0 aliphatic carbocycles. The number of rotatable bonds is 4. The van der Waals surface area contributed by atoms with E-state index in [2.05, 4.69) is 30.6 Å². The standard InChI is InChI=1S/C14H28N2/c1-4-12(5-2)16-11-14-8-7-9-15(14)10-13(16)6-3/h12-14H,4-11H2,1-3H3. The van der Waals surface area contributed by atoms with Gasteiger partial charge in [-0.05, 0) is 38.6 Å². The molecule has 0 saturated carbocycles. The van der Waals surface area contributed by atoms with Gasteiger partial charge in [0, 0.05) is 31.2 Å². The van der Waals surface area contributed by atoms with E-state index in [1.807, 2.05) is 0 Å². The predicted molar refractivity (Wildman–Crippen MR) is 69.8 cm³/mol. The van der Waals surface area contributed by atoms with Crippen LogP contribution in [0.2, 0.25) is 0 Å². The van der Waals surface area contributed by atoms with Crippen molar-refractivity contribution in [1.29, 1.82) is 0 Å². The molecule has 94 valence electrons. The van der Waals surface area contributed by atoms with E-state index in [1.165, 1.54) is 51.7 Å². The zero-order chi connectivity index (χ0) is 11.5. The van der Waals surface area contributed by atoms with Crippen molar-refractivity contribution in [2.75, 3.05) is 19.6 Å². The van der Waals surface area contributed by atoms with Gasteiger partial charge >= 0.3 is 0 Å². The Morgan fingerprint density at radius 2 is 1.88 bits per heavy atom. The van der Waals surface area contributed by atoms with E-state index < -0.39 is 0 Å². The fraction of sp³-hybridized carbons (Fsp3) is 1.00. The van der Waals surface area contributed by atoms with E-state index in [-0.39, 0.29) is 0 Å². The Balaban J connectivity index is 2.04. The number of fused-ring (bicyclic) bond motifs is 1. The molecule has 16 heavy (non-hydrogen) atoms. The summed E-state index contributed by atoms with van der Waals surface area (Å²) in [5, 5.41) is 0. The molecule has 0 spiro atoms. The Bertz CT molecular complexity index is 213. The highest BCUT2D eigenvalue weighted by Crippen LogP contribution is 2.28. The average molecular weight is 224 g/mol. The quantitative estimate of drug-likeness (QED) is 0.724. The van der Waals surface area contributed by atoms with Crippen LogP contribution in [0, 0.1) is 0 Å². The minimum Gasteiger partial charge on any atom is -0.298 e. The molecule has 2 saturated heterocycles. The zero-order valence-corrected chi connectivity index (χ0v) is 11.3. The van der Waals surface area contributed by atoms with E-state index >= 15 is 0 Å². The van der Waals surface area contributed by atoms with Crippen LogP contribution < -0.4 is 0 Å². The molecule has 2 heterocycles. The van der Waals surface area contributed by atoms with Gasteiger partial charge in [0.15, 0.2) is 0 Å². The van der Waals surface area contributed by atoms with Gasteiger partial charge in [-0.1, -0.05) is 20.8 Å². The van der Waals surface area contributed by atoms with Gasteiger partial charge in [0.05, 0.1) is 0 Å². The number of hydrogen-bond acceptors (Lipinski definition) is 2. The third-order valence-electron chi connectivity index (χ3n) is 4.72. The van der Waals surface area contributed by atoms with Crippen molar-refractivity contribution in [3.63, 3.8) is 0 Å². The lowest BCUT2D eigenvalue weighted by Crippen LogP contribution is -2.58. The third kappa shape index (κ3) is 2.28. The molecule has 2 aliphatic rings. The van der Waals surface area contributed by atoms with Gasteiger partial charge in [0.2, 0.25) is 0 Å². The molecule has 0 aromatic rings. The first-order chi connectivity index (χ1) is 7.80. The van der Waals surface area contributed by atoms with Crippen LogP contribution in [0.4, 0.5) is 0 Å². The molecular formula is C14H28N2. The lowest BCUT2D eigenvalue weighted by Gasteiger charge is -2.47. The van der Waals surface area contributed by atoms with E-state index in [9.17, 15) is 0 Å². The van der Waals surface area contributed by atoms with Crippen LogP contribution in [0.5, 0.6) is 0 Å². The Kier molecular flexibility index (Phi) is 4.26. The van der Waals surface area contributed by atoms with Crippen molar-refractivity contribution in [1.82, 2.24) is 9.80 Å². The first-order valence-electron chi connectivity index (χ1n) is 7.29. The molecule has 0 aromatic heterocycles. The summed E-state index contributed by atoms with van der Waals surface area (Å²) in [6.45, 7) is 11.1. The Hall–Kier alpha value is -0.0800. The molecule has 2 rings (SSSR count). The fourth-order valence-corrected chi connectivity index (χ4v) is 3.68. The molecule has 2 atom stereocenters. The van der Waals surface area contributed by atoms with Crippen molar-refractivity contribution >= 4 is 0 Å². The molecule has 2 unspecified atom stereocenters. The topological polar surface area (TPSA) is 6.48 Å². The lowest BCUT2D eigenvalue weighted by atomic mass is 9.99. The van der Waals surface area contributed by atoms with Crippen LogP contribution in [0.25, 0.3) is 0 Å². The van der Waals surface area contributed by atoms with Gasteiger partial charge < -0.3 is 0 Å². The summed E-state index contributed by atoms with van der Waals surface area (Å²) in [5.74, 6) is 0. The zero-order valence-electron chi connectivity index (χ0n) is 11.3. The van der Waals surface area contributed by atoms with Gasteiger partial charge in [-0.3, -0.25) is 9.80 Å². The van der Waals surface area contributed by atoms with E-state index in [0.29, 0.717) is 0 Å². The third-order valence-corrected chi connectivity index (χ3v) is 4.72. The van der Waals surface area contributed by atoms with Gasteiger partial charge in [0.25, 0.3) is 0 Å². The maximum atomic E-state index is 2.83. The monoisotopic (exact) mass is 224 g/mol.